The highest BCUT2D eigenvalue weighted by Crippen LogP contribution is 2.36. The average Bonchev–Trinajstić information content (AvgIpc) is 3.26. The van der Waals surface area contributed by atoms with Crippen molar-refractivity contribution in [3.05, 3.63) is 59.7 Å². The lowest BCUT2D eigenvalue weighted by Gasteiger charge is -2.48. The number of aryl methyl sites for hydroxylation is 1. The van der Waals surface area contributed by atoms with Crippen molar-refractivity contribution in [1.82, 2.24) is 19.4 Å². The smallest absolute Gasteiger partial charge is 0.435 e. The number of nitrogens with zero attached hydrogens (tertiary/aromatic N) is 5. The minimum Gasteiger partial charge on any atom is -0.435 e. The van der Waals surface area contributed by atoms with E-state index in [-0.39, 0.29) is 28.6 Å². The zero-order valence-corrected chi connectivity index (χ0v) is 23.7. The van der Waals surface area contributed by atoms with Gasteiger partial charge in [0.1, 0.15) is 11.4 Å². The van der Waals surface area contributed by atoms with Gasteiger partial charge < -0.3 is 14.8 Å². The van der Waals surface area contributed by atoms with Crippen LogP contribution in [0, 0.1) is 5.92 Å². The molecule has 3 heterocycles. The van der Waals surface area contributed by atoms with Crippen molar-refractivity contribution in [1.29, 1.82) is 0 Å². The van der Waals surface area contributed by atoms with Crippen LogP contribution < -0.4 is 0 Å². The Morgan fingerprint density at radius 1 is 1.15 bits per heavy atom. The molecule has 5 rings (SSSR count). The number of likely N-dealkylation sites (tertiary alicyclic amines) is 1. The highest BCUT2D eigenvalue weighted by atomic mass is 16.4. The summed E-state index contributed by atoms with van der Waals surface area (Å²) >= 11 is 0. The van der Waals surface area contributed by atoms with Crippen molar-refractivity contribution in [2.75, 3.05) is 26.2 Å². The van der Waals surface area contributed by atoms with Gasteiger partial charge in [0.25, 0.3) is 0 Å². The molecule has 3 aromatic rings. The summed E-state index contributed by atoms with van der Waals surface area (Å²) in [6.45, 7) is 9.80. The molecule has 2 aliphatic rings. The molecule has 2 aromatic heterocycles. The molecule has 1 saturated heterocycles. The molecule has 1 amide bonds. The number of amides is 1. The number of rotatable bonds is 8. The molecule has 3 atom stereocenters. The minimum absolute atomic E-state index is 0.104. The Kier molecular flexibility index (Phi) is 8.08. The highest BCUT2D eigenvalue weighted by molar-refractivity contribution is 5.75. The Bertz CT molecular complexity index is 1300. The predicted molar refractivity (Wildman–Crippen MR) is 152 cm³/mol. The molecule has 1 fully saturated rings. The first-order valence-corrected chi connectivity index (χ1v) is 14.6. The molecule has 1 aliphatic carbocycles. The van der Waals surface area contributed by atoms with E-state index in [0.29, 0.717) is 26.1 Å². The molecule has 8 nitrogen and oxygen atoms in total. The number of benzene rings is 1. The minimum atomic E-state index is -0.721. The quantitative estimate of drug-likeness (QED) is 0.376. The SMILES string of the molecule is CC(C)(C)[N+]1(C(=O)O)CCC[C@H](Cn2c(CN(CCCO)[C@H]3CCCc4cccnc43)nc3ccccc32)C1. The van der Waals surface area contributed by atoms with E-state index in [9.17, 15) is 15.0 Å². The topological polar surface area (TPSA) is 91.5 Å². The van der Waals surface area contributed by atoms with Crippen LogP contribution in [-0.4, -0.2) is 72.0 Å². The third-order valence-corrected chi connectivity index (χ3v) is 9.10. The zero-order valence-electron chi connectivity index (χ0n) is 23.7. The summed E-state index contributed by atoms with van der Waals surface area (Å²) in [7, 11) is 0. The summed E-state index contributed by atoms with van der Waals surface area (Å²) < 4.78 is 2.45. The van der Waals surface area contributed by atoms with Crippen LogP contribution in [0.15, 0.2) is 42.6 Å². The number of para-hydroxylation sites is 2. The van der Waals surface area contributed by atoms with Gasteiger partial charge in [0.05, 0.1) is 42.4 Å². The van der Waals surface area contributed by atoms with E-state index in [0.717, 1.165) is 67.7 Å². The molecule has 0 spiro atoms. The van der Waals surface area contributed by atoms with Gasteiger partial charge in [-0.2, -0.15) is 4.79 Å². The van der Waals surface area contributed by atoms with E-state index in [1.807, 2.05) is 18.3 Å². The van der Waals surface area contributed by atoms with Crippen LogP contribution in [0.3, 0.4) is 0 Å². The third kappa shape index (κ3) is 5.47. The fourth-order valence-corrected chi connectivity index (χ4v) is 6.94. The summed E-state index contributed by atoms with van der Waals surface area (Å²) in [4.78, 5) is 25.0. The molecular weight excluding hydrogens is 490 g/mol. The molecule has 0 saturated carbocycles. The van der Waals surface area contributed by atoms with Gasteiger partial charge in [-0.05, 0) is 83.1 Å². The maximum atomic E-state index is 12.6. The number of carbonyl (C=O) groups is 1. The molecule has 2 N–H and O–H groups in total. The monoisotopic (exact) mass is 534 g/mol. The number of carboxylic acid groups (broad SMARTS) is 1. The summed E-state index contributed by atoms with van der Waals surface area (Å²) in [6.07, 6.45) is 7.02. The van der Waals surface area contributed by atoms with Gasteiger partial charge in [-0.3, -0.25) is 9.88 Å². The van der Waals surface area contributed by atoms with Gasteiger partial charge in [0.2, 0.25) is 0 Å². The number of imidazole rings is 1. The maximum Gasteiger partial charge on any atom is 0.513 e. The van der Waals surface area contributed by atoms with Crippen molar-refractivity contribution >= 4 is 17.1 Å². The standard InChI is InChI=1S/C31H43N5O3/c1-31(2,3)36(30(38)39)18-8-10-23(22-36)20-35-26-14-5-4-13-25(26)33-28(35)21-34(17-9-19-37)27-15-6-11-24-12-7-16-32-29(24)27/h4-5,7,12-14,16,23,27,37H,6,8-11,15,17-22H2,1-3H3/p+1/t23-,27+,36?/m1/s1. The predicted octanol–water partition coefficient (Wildman–Crippen LogP) is 5.40. The number of hydrogen-bond acceptors (Lipinski definition) is 5. The van der Waals surface area contributed by atoms with Gasteiger partial charge in [-0.25, -0.2) is 9.47 Å². The fourth-order valence-electron chi connectivity index (χ4n) is 6.94. The normalized spacial score (nSPS) is 23.7. The number of pyridine rings is 1. The van der Waals surface area contributed by atoms with Crippen LogP contribution in [0.5, 0.6) is 0 Å². The second kappa shape index (κ2) is 11.4. The van der Waals surface area contributed by atoms with Gasteiger partial charge in [0.15, 0.2) is 0 Å². The lowest BCUT2D eigenvalue weighted by molar-refractivity contribution is -0.911. The van der Waals surface area contributed by atoms with Gasteiger partial charge in [0, 0.05) is 31.8 Å². The van der Waals surface area contributed by atoms with Crippen molar-refractivity contribution in [3.8, 4) is 0 Å². The Morgan fingerprint density at radius 2 is 1.97 bits per heavy atom. The lowest BCUT2D eigenvalue weighted by Crippen LogP contribution is -2.67. The summed E-state index contributed by atoms with van der Waals surface area (Å²) in [5.41, 5.74) is 4.19. The second-order valence-corrected chi connectivity index (χ2v) is 12.5. The lowest BCUT2D eigenvalue weighted by atomic mass is 9.89. The maximum absolute atomic E-state index is 12.6. The largest absolute Gasteiger partial charge is 0.513 e. The van der Waals surface area contributed by atoms with Gasteiger partial charge >= 0.3 is 6.09 Å². The number of fused-ring (bicyclic) bond motifs is 2. The van der Waals surface area contributed by atoms with Gasteiger partial charge in [-0.1, -0.05) is 18.2 Å². The first kappa shape index (κ1) is 27.7. The van der Waals surface area contributed by atoms with E-state index in [2.05, 4.69) is 54.5 Å². The Labute approximate surface area is 231 Å². The molecule has 0 radical (unpaired) electrons. The van der Waals surface area contributed by atoms with E-state index in [4.69, 9.17) is 9.97 Å². The molecule has 1 aromatic carbocycles. The molecule has 39 heavy (non-hydrogen) atoms. The number of aliphatic hydroxyl groups excluding tert-OH is 1. The first-order chi connectivity index (χ1) is 18.7. The molecular formula is C31H44N5O3+. The number of hydrogen-bond donors (Lipinski definition) is 2. The average molecular weight is 535 g/mol. The Hall–Kier alpha value is -2.81. The van der Waals surface area contributed by atoms with Gasteiger partial charge in [-0.15, -0.1) is 0 Å². The number of aliphatic hydroxyl groups is 1. The number of aromatic nitrogens is 3. The molecule has 8 heteroatoms. The second-order valence-electron chi connectivity index (χ2n) is 12.5. The van der Waals surface area contributed by atoms with Crippen molar-refractivity contribution in [2.24, 2.45) is 5.92 Å². The Morgan fingerprint density at radius 3 is 2.74 bits per heavy atom. The van der Waals surface area contributed by atoms with Crippen LogP contribution in [-0.2, 0) is 19.5 Å². The number of piperidine rings is 1. The molecule has 210 valence electrons. The third-order valence-electron chi connectivity index (χ3n) is 9.10. The van der Waals surface area contributed by atoms with E-state index >= 15 is 0 Å². The summed E-state index contributed by atoms with van der Waals surface area (Å²) in [5.74, 6) is 1.25. The van der Waals surface area contributed by atoms with Crippen LogP contribution in [0.4, 0.5) is 4.79 Å². The molecule has 0 bridgehead atoms. The summed E-state index contributed by atoms with van der Waals surface area (Å²) in [5, 5.41) is 20.0. The summed E-state index contributed by atoms with van der Waals surface area (Å²) in [6, 6.07) is 12.7. The van der Waals surface area contributed by atoms with E-state index < -0.39 is 6.09 Å². The van der Waals surface area contributed by atoms with E-state index in [1.54, 1.807) is 0 Å². The van der Waals surface area contributed by atoms with E-state index in [1.165, 1.54) is 5.56 Å². The zero-order chi connectivity index (χ0) is 27.6. The van der Waals surface area contributed by atoms with Crippen molar-refractivity contribution in [2.45, 2.75) is 84.0 Å². The van der Waals surface area contributed by atoms with Crippen LogP contribution in [0.2, 0.25) is 0 Å². The molecule has 1 aliphatic heterocycles. The highest BCUT2D eigenvalue weighted by Gasteiger charge is 2.50. The van der Waals surface area contributed by atoms with Crippen molar-refractivity contribution < 1.29 is 19.5 Å². The van der Waals surface area contributed by atoms with Crippen LogP contribution in [0.1, 0.15) is 76.0 Å². The van der Waals surface area contributed by atoms with Crippen molar-refractivity contribution in [3.63, 3.8) is 0 Å². The van der Waals surface area contributed by atoms with Crippen LogP contribution >= 0.6 is 0 Å². The first-order valence-electron chi connectivity index (χ1n) is 14.6. The Balaban J connectivity index is 1.48. The fraction of sp³-hybridized carbons (Fsp3) is 0.581. The molecule has 1 unspecified atom stereocenters. The van der Waals surface area contributed by atoms with Crippen LogP contribution in [0.25, 0.3) is 11.0 Å². The number of quaternary nitrogens is 1.